The molecular formula is C12H21NO2S. The van der Waals surface area contributed by atoms with E-state index >= 15 is 0 Å². The topological polar surface area (TPSA) is 46.2 Å². The van der Waals surface area contributed by atoms with Crippen molar-refractivity contribution in [1.82, 2.24) is 4.72 Å². The van der Waals surface area contributed by atoms with Crippen LogP contribution in [0.3, 0.4) is 0 Å². The Balaban J connectivity index is 0.000000673. The minimum atomic E-state index is -3.28. The van der Waals surface area contributed by atoms with Crippen LogP contribution in [0.15, 0.2) is 29.2 Å². The van der Waals surface area contributed by atoms with Gasteiger partial charge in [0.25, 0.3) is 0 Å². The third-order valence-corrected chi connectivity index (χ3v) is 3.23. The van der Waals surface area contributed by atoms with Crippen LogP contribution in [-0.4, -0.2) is 15.0 Å². The van der Waals surface area contributed by atoms with Crippen LogP contribution >= 0.6 is 0 Å². The molecule has 0 amide bonds. The number of rotatable bonds is 3. The zero-order chi connectivity index (χ0) is 12.6. The van der Waals surface area contributed by atoms with Crippen LogP contribution < -0.4 is 4.72 Å². The number of hydrogen-bond donors (Lipinski definition) is 1. The van der Waals surface area contributed by atoms with Gasteiger partial charge in [0.1, 0.15) is 0 Å². The molecule has 4 heteroatoms. The summed E-state index contributed by atoms with van der Waals surface area (Å²) in [5.74, 6) is 0. The summed E-state index contributed by atoms with van der Waals surface area (Å²) in [7, 11) is -3.28. The van der Waals surface area contributed by atoms with Gasteiger partial charge in [0.15, 0.2) is 0 Å². The average Bonchev–Trinajstić information content (AvgIpc) is 2.19. The van der Waals surface area contributed by atoms with Gasteiger partial charge >= 0.3 is 0 Å². The molecular weight excluding hydrogens is 222 g/mol. The summed E-state index contributed by atoms with van der Waals surface area (Å²) in [6.45, 7) is 8.34. The van der Waals surface area contributed by atoms with Crippen LogP contribution in [0.5, 0.6) is 0 Å². The molecule has 1 rings (SSSR count). The molecule has 0 aliphatic heterocycles. The molecule has 3 nitrogen and oxygen atoms in total. The lowest BCUT2D eigenvalue weighted by atomic mass is 10.2. The van der Waals surface area contributed by atoms with Crippen molar-refractivity contribution in [2.24, 2.45) is 0 Å². The summed E-state index contributed by atoms with van der Waals surface area (Å²) < 4.78 is 25.3. The van der Waals surface area contributed by atoms with Gasteiger partial charge in [-0.3, -0.25) is 0 Å². The Labute approximate surface area is 98.9 Å². The molecule has 1 aromatic carbocycles. The van der Waals surface area contributed by atoms with Crippen molar-refractivity contribution < 1.29 is 8.42 Å². The Bertz CT molecular complexity index is 382. The van der Waals surface area contributed by atoms with E-state index in [0.29, 0.717) is 11.4 Å². The van der Waals surface area contributed by atoms with Crippen molar-refractivity contribution in [3.05, 3.63) is 29.8 Å². The first-order valence-electron chi connectivity index (χ1n) is 5.54. The van der Waals surface area contributed by atoms with E-state index in [-0.39, 0.29) is 0 Å². The van der Waals surface area contributed by atoms with E-state index in [4.69, 9.17) is 0 Å². The van der Waals surface area contributed by atoms with Gasteiger partial charge in [-0.15, -0.1) is 0 Å². The van der Waals surface area contributed by atoms with E-state index in [1.54, 1.807) is 31.2 Å². The second-order valence-electron chi connectivity index (χ2n) is 3.52. The molecule has 0 saturated carbocycles. The Morgan fingerprint density at radius 1 is 1.06 bits per heavy atom. The number of benzene rings is 1. The molecule has 16 heavy (non-hydrogen) atoms. The molecule has 1 N–H and O–H groups in total. The van der Waals surface area contributed by atoms with Crippen molar-refractivity contribution in [3.8, 4) is 0 Å². The van der Waals surface area contributed by atoms with Crippen LogP contribution in [0.2, 0.25) is 0 Å². The van der Waals surface area contributed by atoms with Gasteiger partial charge in [0.2, 0.25) is 10.0 Å². The van der Waals surface area contributed by atoms with Crippen LogP contribution in [-0.2, 0) is 10.0 Å². The van der Waals surface area contributed by atoms with Gasteiger partial charge in [0.05, 0.1) is 4.90 Å². The molecule has 92 valence electrons. The van der Waals surface area contributed by atoms with Crippen molar-refractivity contribution in [2.75, 3.05) is 6.54 Å². The van der Waals surface area contributed by atoms with Gasteiger partial charge in [-0.1, -0.05) is 44.9 Å². The van der Waals surface area contributed by atoms with Gasteiger partial charge in [-0.25, -0.2) is 13.1 Å². The zero-order valence-electron chi connectivity index (χ0n) is 10.4. The van der Waals surface area contributed by atoms with Gasteiger partial charge in [-0.05, 0) is 19.1 Å². The van der Waals surface area contributed by atoms with Crippen LogP contribution in [0.25, 0.3) is 0 Å². The summed E-state index contributed by atoms with van der Waals surface area (Å²) in [5.41, 5.74) is 1.05. The predicted octanol–water partition coefficient (Wildman–Crippen LogP) is 2.71. The largest absolute Gasteiger partial charge is 0.240 e. The maximum atomic E-state index is 11.4. The molecule has 0 fully saturated rings. The van der Waals surface area contributed by atoms with Gasteiger partial charge in [0, 0.05) is 6.54 Å². The van der Waals surface area contributed by atoms with Crippen molar-refractivity contribution in [3.63, 3.8) is 0 Å². The van der Waals surface area contributed by atoms with Crippen LogP contribution in [0.1, 0.15) is 32.8 Å². The molecule has 1 aromatic rings. The Morgan fingerprint density at radius 2 is 1.50 bits per heavy atom. The summed E-state index contributed by atoms with van der Waals surface area (Å²) in [6, 6.07) is 6.77. The summed E-state index contributed by atoms with van der Waals surface area (Å²) in [4.78, 5) is 0.319. The predicted molar refractivity (Wildman–Crippen MR) is 68.0 cm³/mol. The van der Waals surface area contributed by atoms with E-state index < -0.39 is 10.0 Å². The highest BCUT2D eigenvalue weighted by molar-refractivity contribution is 7.89. The highest BCUT2D eigenvalue weighted by Crippen LogP contribution is 2.09. The normalized spacial score (nSPS) is 10.5. The minimum Gasteiger partial charge on any atom is -0.211 e. The SMILES string of the molecule is CCC.CCNS(=O)(=O)c1ccc(C)cc1. The van der Waals surface area contributed by atoms with E-state index in [1.807, 2.05) is 6.92 Å². The zero-order valence-corrected chi connectivity index (χ0v) is 11.3. The molecule has 0 atom stereocenters. The van der Waals surface area contributed by atoms with E-state index in [9.17, 15) is 8.42 Å². The number of hydrogen-bond acceptors (Lipinski definition) is 2. The van der Waals surface area contributed by atoms with Crippen molar-refractivity contribution in [2.45, 2.75) is 39.0 Å². The Morgan fingerprint density at radius 3 is 1.88 bits per heavy atom. The van der Waals surface area contributed by atoms with Crippen molar-refractivity contribution >= 4 is 10.0 Å². The molecule has 0 spiro atoms. The fraction of sp³-hybridized carbons (Fsp3) is 0.500. The smallest absolute Gasteiger partial charge is 0.211 e. The minimum absolute atomic E-state index is 0.319. The lowest BCUT2D eigenvalue weighted by Crippen LogP contribution is -2.22. The molecule has 0 aromatic heterocycles. The number of aryl methyl sites for hydroxylation is 1. The molecule has 0 radical (unpaired) electrons. The molecule has 0 saturated heterocycles. The molecule has 0 bridgehead atoms. The maximum absolute atomic E-state index is 11.4. The quantitative estimate of drug-likeness (QED) is 0.887. The van der Waals surface area contributed by atoms with Gasteiger partial charge in [-0.2, -0.15) is 0 Å². The monoisotopic (exact) mass is 243 g/mol. The van der Waals surface area contributed by atoms with Crippen LogP contribution in [0.4, 0.5) is 0 Å². The molecule has 0 aliphatic rings. The summed E-state index contributed by atoms with van der Waals surface area (Å²) in [6.07, 6.45) is 1.25. The fourth-order valence-electron chi connectivity index (χ4n) is 0.991. The lowest BCUT2D eigenvalue weighted by Gasteiger charge is -2.03. The highest BCUT2D eigenvalue weighted by atomic mass is 32.2. The lowest BCUT2D eigenvalue weighted by molar-refractivity contribution is 0.584. The average molecular weight is 243 g/mol. The van der Waals surface area contributed by atoms with E-state index in [1.165, 1.54) is 6.42 Å². The van der Waals surface area contributed by atoms with Gasteiger partial charge < -0.3 is 0 Å². The first-order valence-corrected chi connectivity index (χ1v) is 7.02. The summed E-state index contributed by atoms with van der Waals surface area (Å²) in [5, 5.41) is 0. The number of nitrogens with one attached hydrogen (secondary N) is 1. The Hall–Kier alpha value is -0.870. The van der Waals surface area contributed by atoms with Crippen LogP contribution in [0, 0.1) is 6.92 Å². The maximum Gasteiger partial charge on any atom is 0.240 e. The van der Waals surface area contributed by atoms with E-state index in [0.717, 1.165) is 5.56 Å². The Kier molecular flexibility index (Phi) is 7.01. The molecule has 0 heterocycles. The highest BCUT2D eigenvalue weighted by Gasteiger charge is 2.10. The summed E-state index contributed by atoms with van der Waals surface area (Å²) >= 11 is 0. The second-order valence-corrected chi connectivity index (χ2v) is 5.29. The fourth-order valence-corrected chi connectivity index (χ4v) is 2.03. The second kappa shape index (κ2) is 7.41. The van der Waals surface area contributed by atoms with E-state index in [2.05, 4.69) is 18.6 Å². The van der Waals surface area contributed by atoms with Crippen molar-refractivity contribution in [1.29, 1.82) is 0 Å². The number of sulfonamides is 1. The molecule has 0 aliphatic carbocycles. The standard InChI is InChI=1S/C9H13NO2S.C3H8/c1-3-10-13(11,12)9-6-4-8(2)5-7-9;1-3-2/h4-7,10H,3H2,1-2H3;3H2,1-2H3. The first kappa shape index (κ1) is 15.1. The third-order valence-electron chi connectivity index (χ3n) is 1.67. The third kappa shape index (κ3) is 5.28. The first-order chi connectivity index (χ1) is 7.47. The molecule has 0 unspecified atom stereocenters.